The second-order valence-corrected chi connectivity index (χ2v) is 6.29. The molecule has 0 aliphatic heterocycles. The molecule has 0 saturated carbocycles. The lowest BCUT2D eigenvalue weighted by Crippen LogP contribution is -2.27. The van der Waals surface area contributed by atoms with Crippen LogP contribution in [0.25, 0.3) is 0 Å². The Balaban J connectivity index is 1.90. The molecule has 2 rings (SSSR count). The van der Waals surface area contributed by atoms with Gasteiger partial charge in [-0.25, -0.2) is 0 Å². The molecule has 0 saturated heterocycles. The maximum absolute atomic E-state index is 12.2. The summed E-state index contributed by atoms with van der Waals surface area (Å²) < 4.78 is 5.31. The number of hydrogen-bond donors (Lipinski definition) is 0. The zero-order valence-corrected chi connectivity index (χ0v) is 14.2. The zero-order chi connectivity index (χ0) is 15.9. The minimum Gasteiger partial charge on any atom is -0.496 e. The van der Waals surface area contributed by atoms with Crippen LogP contribution < -0.4 is 4.74 Å². The van der Waals surface area contributed by atoms with Gasteiger partial charge in [0.1, 0.15) is 5.75 Å². The number of ether oxygens (including phenoxy) is 1. The van der Waals surface area contributed by atoms with Crippen LogP contribution in [-0.4, -0.2) is 30.7 Å². The molecule has 0 aliphatic rings. The van der Waals surface area contributed by atoms with Crippen molar-refractivity contribution in [2.45, 2.75) is 11.4 Å². The number of amides is 1. The predicted molar refractivity (Wildman–Crippen MR) is 91.6 cm³/mol. The van der Waals surface area contributed by atoms with E-state index in [2.05, 4.69) is 0 Å². The van der Waals surface area contributed by atoms with Crippen molar-refractivity contribution in [1.29, 1.82) is 0 Å². The molecule has 0 atom stereocenters. The summed E-state index contributed by atoms with van der Waals surface area (Å²) in [4.78, 5) is 15.0. The number of carbonyl (C=O) groups is 1. The lowest BCUT2D eigenvalue weighted by molar-refractivity contribution is -0.127. The topological polar surface area (TPSA) is 29.5 Å². The van der Waals surface area contributed by atoms with Gasteiger partial charge in [-0.05, 0) is 30.3 Å². The van der Waals surface area contributed by atoms with Gasteiger partial charge in [-0.1, -0.05) is 29.8 Å². The summed E-state index contributed by atoms with van der Waals surface area (Å²) in [6, 6.07) is 15.2. The minimum atomic E-state index is 0.0749. The van der Waals surface area contributed by atoms with Crippen molar-refractivity contribution in [1.82, 2.24) is 4.90 Å². The molecule has 2 aromatic rings. The van der Waals surface area contributed by atoms with E-state index in [0.717, 1.165) is 16.2 Å². The smallest absolute Gasteiger partial charge is 0.232 e. The Morgan fingerprint density at radius 2 is 1.86 bits per heavy atom. The van der Waals surface area contributed by atoms with Crippen LogP contribution in [-0.2, 0) is 11.3 Å². The van der Waals surface area contributed by atoms with E-state index in [0.29, 0.717) is 17.3 Å². The summed E-state index contributed by atoms with van der Waals surface area (Å²) in [7, 11) is 3.44. The number of benzene rings is 2. The molecular formula is C17H18ClNO2S. The maximum Gasteiger partial charge on any atom is 0.232 e. The normalized spacial score (nSPS) is 10.3. The van der Waals surface area contributed by atoms with Gasteiger partial charge in [0.25, 0.3) is 0 Å². The molecule has 116 valence electrons. The van der Waals surface area contributed by atoms with E-state index in [1.807, 2.05) is 48.5 Å². The molecular weight excluding hydrogens is 318 g/mol. The van der Waals surface area contributed by atoms with Crippen LogP contribution in [0.4, 0.5) is 0 Å². The van der Waals surface area contributed by atoms with Gasteiger partial charge in [0, 0.05) is 29.1 Å². The SMILES string of the molecule is COc1ccccc1CN(C)C(=O)CSc1ccc(Cl)cc1. The van der Waals surface area contributed by atoms with Crippen molar-refractivity contribution < 1.29 is 9.53 Å². The van der Waals surface area contributed by atoms with E-state index in [4.69, 9.17) is 16.3 Å². The largest absolute Gasteiger partial charge is 0.496 e. The van der Waals surface area contributed by atoms with Gasteiger partial charge in [-0.2, -0.15) is 0 Å². The number of hydrogen-bond acceptors (Lipinski definition) is 3. The van der Waals surface area contributed by atoms with Crippen molar-refractivity contribution in [3.63, 3.8) is 0 Å². The molecule has 22 heavy (non-hydrogen) atoms. The molecule has 0 radical (unpaired) electrons. The van der Waals surface area contributed by atoms with E-state index in [1.54, 1.807) is 19.1 Å². The highest BCUT2D eigenvalue weighted by Crippen LogP contribution is 2.22. The highest BCUT2D eigenvalue weighted by atomic mass is 35.5. The van der Waals surface area contributed by atoms with Gasteiger partial charge < -0.3 is 9.64 Å². The van der Waals surface area contributed by atoms with Crippen LogP contribution in [0.1, 0.15) is 5.56 Å². The monoisotopic (exact) mass is 335 g/mol. The summed E-state index contributed by atoms with van der Waals surface area (Å²) in [5.74, 6) is 1.27. The van der Waals surface area contributed by atoms with E-state index in [1.165, 1.54) is 11.8 Å². The molecule has 0 N–H and O–H groups in total. The Morgan fingerprint density at radius 1 is 1.18 bits per heavy atom. The lowest BCUT2D eigenvalue weighted by Gasteiger charge is -2.18. The molecule has 0 unspecified atom stereocenters. The average Bonchev–Trinajstić information content (AvgIpc) is 2.54. The van der Waals surface area contributed by atoms with Gasteiger partial charge in [0.15, 0.2) is 0 Å². The molecule has 2 aromatic carbocycles. The van der Waals surface area contributed by atoms with Gasteiger partial charge in [-0.15, -0.1) is 11.8 Å². The quantitative estimate of drug-likeness (QED) is 0.744. The lowest BCUT2D eigenvalue weighted by atomic mass is 10.2. The predicted octanol–water partition coefficient (Wildman–Crippen LogP) is 4.10. The first kappa shape index (κ1) is 16.7. The number of nitrogens with zero attached hydrogens (tertiary/aromatic N) is 1. The number of methoxy groups -OCH3 is 1. The Hall–Kier alpha value is -1.65. The van der Waals surface area contributed by atoms with E-state index >= 15 is 0 Å². The maximum atomic E-state index is 12.2. The van der Waals surface area contributed by atoms with Crippen LogP contribution in [0.15, 0.2) is 53.4 Å². The molecule has 0 bridgehead atoms. The van der Waals surface area contributed by atoms with Crippen LogP contribution in [0, 0.1) is 0 Å². The van der Waals surface area contributed by atoms with Crippen LogP contribution >= 0.6 is 23.4 Å². The Bertz CT molecular complexity index is 631. The third-order valence-corrected chi connectivity index (χ3v) is 4.45. The van der Waals surface area contributed by atoms with Gasteiger partial charge >= 0.3 is 0 Å². The van der Waals surface area contributed by atoms with Gasteiger partial charge in [-0.3, -0.25) is 4.79 Å². The van der Waals surface area contributed by atoms with E-state index < -0.39 is 0 Å². The van der Waals surface area contributed by atoms with Crippen LogP contribution in [0.3, 0.4) is 0 Å². The summed E-state index contributed by atoms with van der Waals surface area (Å²) in [5, 5.41) is 0.698. The molecule has 0 spiro atoms. The molecule has 0 aromatic heterocycles. The number of halogens is 1. The fourth-order valence-corrected chi connectivity index (χ4v) is 2.93. The standard InChI is InChI=1S/C17H18ClNO2S/c1-19(11-13-5-3-4-6-16(13)21-2)17(20)12-22-15-9-7-14(18)8-10-15/h3-10H,11-12H2,1-2H3. The zero-order valence-electron chi connectivity index (χ0n) is 12.6. The van der Waals surface area contributed by atoms with E-state index in [-0.39, 0.29) is 5.91 Å². The van der Waals surface area contributed by atoms with E-state index in [9.17, 15) is 4.79 Å². The third kappa shape index (κ3) is 4.68. The average molecular weight is 336 g/mol. The first-order valence-corrected chi connectivity index (χ1v) is 8.20. The van der Waals surface area contributed by atoms with Crippen molar-refractivity contribution >= 4 is 29.3 Å². The molecule has 0 heterocycles. The van der Waals surface area contributed by atoms with Crippen LogP contribution in [0.5, 0.6) is 5.75 Å². The molecule has 1 amide bonds. The van der Waals surface area contributed by atoms with Crippen molar-refractivity contribution in [3.05, 3.63) is 59.1 Å². The Morgan fingerprint density at radius 3 is 2.55 bits per heavy atom. The summed E-state index contributed by atoms with van der Waals surface area (Å²) in [6.07, 6.45) is 0. The summed E-state index contributed by atoms with van der Waals surface area (Å²) in [5.41, 5.74) is 0.998. The molecule has 0 aliphatic carbocycles. The summed E-state index contributed by atoms with van der Waals surface area (Å²) >= 11 is 7.35. The number of para-hydroxylation sites is 1. The fraction of sp³-hybridized carbons (Fsp3) is 0.235. The van der Waals surface area contributed by atoms with Crippen LogP contribution in [0.2, 0.25) is 5.02 Å². The highest BCUT2D eigenvalue weighted by Gasteiger charge is 2.12. The second kappa shape index (κ2) is 8.11. The third-order valence-electron chi connectivity index (χ3n) is 3.20. The number of rotatable bonds is 6. The second-order valence-electron chi connectivity index (χ2n) is 4.80. The minimum absolute atomic E-state index is 0.0749. The van der Waals surface area contributed by atoms with Gasteiger partial charge in [0.2, 0.25) is 5.91 Å². The first-order valence-electron chi connectivity index (χ1n) is 6.84. The molecule has 0 fully saturated rings. The highest BCUT2D eigenvalue weighted by molar-refractivity contribution is 8.00. The number of thioether (sulfide) groups is 1. The molecule has 5 heteroatoms. The number of carbonyl (C=O) groups excluding carboxylic acids is 1. The van der Waals surface area contributed by atoms with Crippen molar-refractivity contribution in [2.75, 3.05) is 19.9 Å². The molecule has 3 nitrogen and oxygen atoms in total. The Labute approximate surface area is 140 Å². The van der Waals surface area contributed by atoms with Crippen molar-refractivity contribution in [3.8, 4) is 5.75 Å². The van der Waals surface area contributed by atoms with Crippen molar-refractivity contribution in [2.24, 2.45) is 0 Å². The van der Waals surface area contributed by atoms with Gasteiger partial charge in [0.05, 0.1) is 12.9 Å². The Kier molecular flexibility index (Phi) is 6.16. The fourth-order valence-electron chi connectivity index (χ4n) is 1.96. The first-order chi connectivity index (χ1) is 10.6. The summed E-state index contributed by atoms with van der Waals surface area (Å²) in [6.45, 7) is 0.532.